The topological polar surface area (TPSA) is 38.7 Å². The van der Waals surface area contributed by atoms with Crippen LogP contribution in [0.5, 0.6) is 11.5 Å². The minimum Gasteiger partial charge on any atom is -0.497 e. The van der Waals surface area contributed by atoms with Crippen LogP contribution >= 0.6 is 0 Å². The van der Waals surface area contributed by atoms with E-state index in [1.807, 2.05) is 18.2 Å². The number of hydrogen-bond donors (Lipinski definition) is 1. The van der Waals surface area contributed by atoms with Crippen LogP contribution < -0.4 is 9.47 Å². The second kappa shape index (κ2) is 5.21. The summed E-state index contributed by atoms with van der Waals surface area (Å²) in [5.41, 5.74) is 0.787. The zero-order valence-corrected chi connectivity index (χ0v) is 9.61. The summed E-state index contributed by atoms with van der Waals surface area (Å²) >= 11 is 0. The molecule has 0 amide bonds. The van der Waals surface area contributed by atoms with Crippen molar-refractivity contribution in [3.05, 3.63) is 23.8 Å². The Labute approximate surface area is 96.0 Å². The summed E-state index contributed by atoms with van der Waals surface area (Å²) in [7, 11) is 1.62. The fourth-order valence-corrected chi connectivity index (χ4v) is 1.69. The van der Waals surface area contributed by atoms with Crippen LogP contribution in [0.2, 0.25) is 0 Å². The number of hydrogen-bond acceptors (Lipinski definition) is 3. The number of rotatable bonds is 6. The minimum absolute atomic E-state index is 0.0179. The normalized spacial score (nSPS) is 14.9. The van der Waals surface area contributed by atoms with Crippen LogP contribution in [-0.4, -0.2) is 18.8 Å². The van der Waals surface area contributed by atoms with Gasteiger partial charge in [-0.1, -0.05) is 12.8 Å². The summed E-state index contributed by atoms with van der Waals surface area (Å²) in [6.45, 7) is 0.722. The standard InChI is InChI=1S/C13H18O3/c1-15-12-4-5-13(11(8-12)9-14)16-7-6-10-2-3-10/h4-5,8,10,14H,2-3,6-7,9H2,1H3. The molecule has 0 aromatic heterocycles. The predicted octanol–water partition coefficient (Wildman–Crippen LogP) is 2.37. The van der Waals surface area contributed by atoms with Gasteiger partial charge in [-0.05, 0) is 30.5 Å². The first kappa shape index (κ1) is 11.3. The lowest BCUT2D eigenvalue weighted by atomic mass is 10.2. The molecule has 0 atom stereocenters. The number of methoxy groups -OCH3 is 1. The van der Waals surface area contributed by atoms with Crippen molar-refractivity contribution in [2.45, 2.75) is 25.9 Å². The second-order valence-electron chi connectivity index (χ2n) is 4.21. The molecule has 0 heterocycles. The third kappa shape index (κ3) is 2.89. The molecular weight excluding hydrogens is 204 g/mol. The largest absolute Gasteiger partial charge is 0.497 e. The van der Waals surface area contributed by atoms with E-state index in [-0.39, 0.29) is 6.61 Å². The lowest BCUT2D eigenvalue weighted by Gasteiger charge is -2.11. The van der Waals surface area contributed by atoms with Crippen molar-refractivity contribution < 1.29 is 14.6 Å². The first-order valence-corrected chi connectivity index (χ1v) is 5.74. The molecule has 3 nitrogen and oxygen atoms in total. The van der Waals surface area contributed by atoms with Gasteiger partial charge in [0.1, 0.15) is 11.5 Å². The molecule has 0 unspecified atom stereocenters. The number of benzene rings is 1. The van der Waals surface area contributed by atoms with Crippen LogP contribution in [0.3, 0.4) is 0 Å². The monoisotopic (exact) mass is 222 g/mol. The van der Waals surface area contributed by atoms with E-state index in [4.69, 9.17) is 9.47 Å². The van der Waals surface area contributed by atoms with E-state index in [2.05, 4.69) is 0 Å². The Morgan fingerprint density at radius 2 is 2.19 bits per heavy atom. The zero-order valence-electron chi connectivity index (χ0n) is 9.61. The van der Waals surface area contributed by atoms with E-state index in [0.717, 1.165) is 36.0 Å². The summed E-state index contributed by atoms with van der Waals surface area (Å²) in [6.07, 6.45) is 3.81. The second-order valence-corrected chi connectivity index (χ2v) is 4.21. The molecule has 0 saturated heterocycles. The molecule has 16 heavy (non-hydrogen) atoms. The van der Waals surface area contributed by atoms with Crippen LogP contribution in [0, 0.1) is 5.92 Å². The van der Waals surface area contributed by atoms with Gasteiger partial charge in [0.2, 0.25) is 0 Å². The van der Waals surface area contributed by atoms with E-state index in [0.29, 0.717) is 0 Å². The lowest BCUT2D eigenvalue weighted by Crippen LogP contribution is -2.01. The van der Waals surface area contributed by atoms with Gasteiger partial charge in [-0.25, -0.2) is 0 Å². The van der Waals surface area contributed by atoms with Crippen molar-refractivity contribution in [2.75, 3.05) is 13.7 Å². The Balaban J connectivity index is 1.94. The van der Waals surface area contributed by atoms with E-state index in [9.17, 15) is 5.11 Å². The molecule has 0 aliphatic heterocycles. The van der Waals surface area contributed by atoms with Gasteiger partial charge >= 0.3 is 0 Å². The number of aliphatic hydroxyl groups is 1. The fraction of sp³-hybridized carbons (Fsp3) is 0.538. The average Bonchev–Trinajstić information content (AvgIpc) is 3.13. The molecule has 1 aromatic carbocycles. The van der Waals surface area contributed by atoms with Crippen molar-refractivity contribution in [3.8, 4) is 11.5 Å². The summed E-state index contributed by atoms with van der Waals surface area (Å²) in [5.74, 6) is 2.39. The summed E-state index contributed by atoms with van der Waals surface area (Å²) in [6, 6.07) is 5.52. The summed E-state index contributed by atoms with van der Waals surface area (Å²) in [4.78, 5) is 0. The molecule has 2 rings (SSSR count). The third-order valence-corrected chi connectivity index (χ3v) is 2.92. The van der Waals surface area contributed by atoms with Gasteiger partial charge in [0.15, 0.2) is 0 Å². The van der Waals surface area contributed by atoms with Gasteiger partial charge in [-0.15, -0.1) is 0 Å². The molecular formula is C13H18O3. The van der Waals surface area contributed by atoms with E-state index >= 15 is 0 Å². The molecule has 1 N–H and O–H groups in total. The maximum Gasteiger partial charge on any atom is 0.125 e. The van der Waals surface area contributed by atoms with Gasteiger partial charge in [0.05, 0.1) is 20.3 Å². The van der Waals surface area contributed by atoms with Crippen LogP contribution in [0.15, 0.2) is 18.2 Å². The molecule has 88 valence electrons. The highest BCUT2D eigenvalue weighted by atomic mass is 16.5. The molecule has 0 spiro atoms. The molecule has 0 radical (unpaired) electrons. The van der Waals surface area contributed by atoms with E-state index in [1.165, 1.54) is 12.8 Å². The van der Waals surface area contributed by atoms with Crippen LogP contribution in [-0.2, 0) is 6.61 Å². The fourth-order valence-electron chi connectivity index (χ4n) is 1.69. The van der Waals surface area contributed by atoms with Gasteiger partial charge in [0.25, 0.3) is 0 Å². The van der Waals surface area contributed by atoms with Gasteiger partial charge < -0.3 is 14.6 Å². The molecule has 0 bridgehead atoms. The van der Waals surface area contributed by atoms with Crippen molar-refractivity contribution in [3.63, 3.8) is 0 Å². The molecule has 1 aliphatic rings. The van der Waals surface area contributed by atoms with Crippen LogP contribution in [0.25, 0.3) is 0 Å². The highest BCUT2D eigenvalue weighted by Gasteiger charge is 2.20. The molecule has 1 aliphatic carbocycles. The van der Waals surface area contributed by atoms with Crippen molar-refractivity contribution in [1.82, 2.24) is 0 Å². The van der Waals surface area contributed by atoms with Gasteiger partial charge in [-0.3, -0.25) is 0 Å². The Hall–Kier alpha value is -1.22. The third-order valence-electron chi connectivity index (χ3n) is 2.92. The highest BCUT2D eigenvalue weighted by Crippen LogP contribution is 2.32. The van der Waals surface area contributed by atoms with Crippen molar-refractivity contribution in [2.24, 2.45) is 5.92 Å². The van der Waals surface area contributed by atoms with Gasteiger partial charge in [-0.2, -0.15) is 0 Å². The lowest BCUT2D eigenvalue weighted by molar-refractivity contribution is 0.258. The summed E-state index contributed by atoms with van der Waals surface area (Å²) in [5, 5.41) is 9.22. The Kier molecular flexibility index (Phi) is 3.67. The molecule has 3 heteroatoms. The SMILES string of the molecule is COc1ccc(OCCC2CC2)c(CO)c1. The van der Waals surface area contributed by atoms with Crippen molar-refractivity contribution >= 4 is 0 Å². The smallest absolute Gasteiger partial charge is 0.125 e. The number of aliphatic hydroxyl groups excluding tert-OH is 1. The van der Waals surface area contributed by atoms with E-state index in [1.54, 1.807) is 7.11 Å². The molecule has 1 aromatic rings. The van der Waals surface area contributed by atoms with Crippen molar-refractivity contribution in [1.29, 1.82) is 0 Å². The number of ether oxygens (including phenoxy) is 2. The van der Waals surface area contributed by atoms with Crippen LogP contribution in [0.1, 0.15) is 24.8 Å². The average molecular weight is 222 g/mol. The van der Waals surface area contributed by atoms with Gasteiger partial charge in [0, 0.05) is 5.56 Å². The molecule has 1 fully saturated rings. The minimum atomic E-state index is -0.0179. The van der Waals surface area contributed by atoms with Crippen LogP contribution in [0.4, 0.5) is 0 Å². The highest BCUT2D eigenvalue weighted by molar-refractivity contribution is 5.39. The molecule has 1 saturated carbocycles. The quantitative estimate of drug-likeness (QED) is 0.803. The maximum atomic E-state index is 9.22. The predicted molar refractivity (Wildman–Crippen MR) is 61.8 cm³/mol. The Bertz CT molecular complexity index is 345. The maximum absolute atomic E-state index is 9.22. The Morgan fingerprint density at radius 1 is 1.38 bits per heavy atom. The zero-order chi connectivity index (χ0) is 11.4. The Morgan fingerprint density at radius 3 is 2.81 bits per heavy atom. The summed E-state index contributed by atoms with van der Waals surface area (Å²) < 4.78 is 10.8. The first-order chi connectivity index (χ1) is 7.83. The van der Waals surface area contributed by atoms with E-state index < -0.39 is 0 Å². The first-order valence-electron chi connectivity index (χ1n) is 5.74.